The number of nitrogens with one attached hydrogen (secondary N) is 1. The molecule has 1 fully saturated rings. The SMILES string of the molecule is CCNC1CCN(S(=O)(=O)CC(C)C)CC1CC. The van der Waals surface area contributed by atoms with E-state index < -0.39 is 10.0 Å². The van der Waals surface area contributed by atoms with Crippen molar-refractivity contribution in [1.82, 2.24) is 9.62 Å². The van der Waals surface area contributed by atoms with Crippen molar-refractivity contribution < 1.29 is 8.42 Å². The minimum atomic E-state index is -3.06. The van der Waals surface area contributed by atoms with Gasteiger partial charge < -0.3 is 5.32 Å². The lowest BCUT2D eigenvalue weighted by atomic mass is 9.91. The van der Waals surface area contributed by atoms with Crippen LogP contribution >= 0.6 is 0 Å². The van der Waals surface area contributed by atoms with Crippen LogP contribution in [0.4, 0.5) is 0 Å². The van der Waals surface area contributed by atoms with Crippen molar-refractivity contribution in [3.8, 4) is 0 Å². The second kappa shape index (κ2) is 6.87. The van der Waals surface area contributed by atoms with E-state index in [-0.39, 0.29) is 11.7 Å². The van der Waals surface area contributed by atoms with Crippen LogP contribution in [0, 0.1) is 11.8 Å². The lowest BCUT2D eigenvalue weighted by Gasteiger charge is -2.38. The van der Waals surface area contributed by atoms with Crippen LogP contribution in [0.3, 0.4) is 0 Å². The normalized spacial score (nSPS) is 26.7. The van der Waals surface area contributed by atoms with E-state index in [1.54, 1.807) is 4.31 Å². The van der Waals surface area contributed by atoms with Gasteiger partial charge >= 0.3 is 0 Å². The molecule has 108 valence electrons. The minimum Gasteiger partial charge on any atom is -0.314 e. The molecule has 0 aromatic carbocycles. The van der Waals surface area contributed by atoms with E-state index in [9.17, 15) is 8.42 Å². The maximum Gasteiger partial charge on any atom is 0.214 e. The molecule has 0 aromatic heterocycles. The summed E-state index contributed by atoms with van der Waals surface area (Å²) in [5.74, 6) is 0.914. The summed E-state index contributed by atoms with van der Waals surface area (Å²) < 4.78 is 26.2. The quantitative estimate of drug-likeness (QED) is 0.803. The molecule has 1 aliphatic rings. The number of hydrogen-bond acceptors (Lipinski definition) is 3. The zero-order valence-corrected chi connectivity index (χ0v) is 13.0. The molecule has 1 saturated heterocycles. The van der Waals surface area contributed by atoms with Gasteiger partial charge in [-0.15, -0.1) is 0 Å². The lowest BCUT2D eigenvalue weighted by Crippen LogP contribution is -2.51. The van der Waals surface area contributed by atoms with Gasteiger partial charge in [0.15, 0.2) is 0 Å². The molecule has 2 unspecified atom stereocenters. The Morgan fingerprint density at radius 2 is 2.00 bits per heavy atom. The molecule has 0 bridgehead atoms. The molecular weight excluding hydrogens is 248 g/mol. The second-order valence-corrected chi connectivity index (χ2v) is 7.67. The second-order valence-electron chi connectivity index (χ2n) is 5.65. The zero-order chi connectivity index (χ0) is 13.8. The summed E-state index contributed by atoms with van der Waals surface area (Å²) in [6, 6.07) is 0.477. The highest BCUT2D eigenvalue weighted by Gasteiger charge is 2.33. The Kier molecular flexibility index (Phi) is 6.08. The smallest absolute Gasteiger partial charge is 0.214 e. The summed E-state index contributed by atoms with van der Waals surface area (Å²) in [4.78, 5) is 0. The first-order chi connectivity index (χ1) is 8.40. The predicted octanol–water partition coefficient (Wildman–Crippen LogP) is 1.68. The Morgan fingerprint density at radius 1 is 1.33 bits per heavy atom. The predicted molar refractivity (Wildman–Crippen MR) is 76.1 cm³/mol. The standard InChI is InChI=1S/C13H28N2O2S/c1-5-12-9-15(8-7-13(12)14-6-2)18(16,17)10-11(3)4/h11-14H,5-10H2,1-4H3. The van der Waals surface area contributed by atoms with Crippen molar-refractivity contribution in [3.63, 3.8) is 0 Å². The van der Waals surface area contributed by atoms with Gasteiger partial charge in [0.2, 0.25) is 10.0 Å². The summed E-state index contributed by atoms with van der Waals surface area (Å²) in [5, 5.41) is 3.48. The molecule has 1 rings (SSSR count). The van der Waals surface area contributed by atoms with Crippen LogP contribution in [0.15, 0.2) is 0 Å². The highest BCUT2D eigenvalue weighted by atomic mass is 32.2. The van der Waals surface area contributed by atoms with E-state index >= 15 is 0 Å². The fourth-order valence-electron chi connectivity index (χ4n) is 2.72. The number of sulfonamides is 1. The monoisotopic (exact) mass is 276 g/mol. The fraction of sp³-hybridized carbons (Fsp3) is 1.00. The highest BCUT2D eigenvalue weighted by Crippen LogP contribution is 2.23. The van der Waals surface area contributed by atoms with E-state index in [1.165, 1.54) is 0 Å². The highest BCUT2D eigenvalue weighted by molar-refractivity contribution is 7.89. The Hall–Kier alpha value is -0.130. The molecule has 1 aliphatic heterocycles. The van der Waals surface area contributed by atoms with Crippen LogP contribution in [0.2, 0.25) is 0 Å². The van der Waals surface area contributed by atoms with Crippen LogP contribution in [0.5, 0.6) is 0 Å². The third-order valence-corrected chi connectivity index (χ3v) is 5.83. The van der Waals surface area contributed by atoms with Crippen molar-refractivity contribution in [2.75, 3.05) is 25.4 Å². The summed E-state index contributed by atoms with van der Waals surface area (Å²) in [6.07, 6.45) is 1.97. The fourth-order valence-corrected chi connectivity index (χ4v) is 4.58. The largest absolute Gasteiger partial charge is 0.314 e. The van der Waals surface area contributed by atoms with Gasteiger partial charge in [0, 0.05) is 19.1 Å². The Bertz CT molecular complexity index is 341. The Labute approximate surface area is 112 Å². The summed E-state index contributed by atoms with van der Waals surface area (Å²) in [7, 11) is -3.06. The third kappa shape index (κ3) is 4.21. The molecule has 0 aliphatic carbocycles. The Balaban J connectivity index is 2.67. The van der Waals surface area contributed by atoms with Crippen LogP contribution in [0.1, 0.15) is 40.5 Å². The molecule has 5 heteroatoms. The van der Waals surface area contributed by atoms with Crippen LogP contribution in [-0.2, 0) is 10.0 Å². The average molecular weight is 276 g/mol. The Morgan fingerprint density at radius 3 is 2.50 bits per heavy atom. The van der Waals surface area contributed by atoms with Crippen LogP contribution in [0.25, 0.3) is 0 Å². The maximum atomic E-state index is 12.2. The minimum absolute atomic E-state index is 0.196. The molecule has 0 aromatic rings. The molecule has 2 atom stereocenters. The number of hydrogen-bond donors (Lipinski definition) is 1. The van der Waals surface area contributed by atoms with E-state index in [0.717, 1.165) is 19.4 Å². The molecule has 0 saturated carbocycles. The van der Waals surface area contributed by atoms with Crippen molar-refractivity contribution in [2.45, 2.75) is 46.6 Å². The third-order valence-electron chi connectivity index (χ3n) is 3.62. The molecule has 0 radical (unpaired) electrons. The van der Waals surface area contributed by atoms with Gasteiger partial charge in [-0.05, 0) is 24.8 Å². The van der Waals surface area contributed by atoms with Crippen molar-refractivity contribution in [3.05, 3.63) is 0 Å². The number of nitrogens with zero attached hydrogens (tertiary/aromatic N) is 1. The topological polar surface area (TPSA) is 49.4 Å². The van der Waals surface area contributed by atoms with Gasteiger partial charge in [-0.3, -0.25) is 0 Å². The van der Waals surface area contributed by atoms with E-state index in [4.69, 9.17) is 0 Å². The van der Waals surface area contributed by atoms with Crippen molar-refractivity contribution >= 4 is 10.0 Å². The first kappa shape index (κ1) is 15.9. The van der Waals surface area contributed by atoms with E-state index in [0.29, 0.717) is 25.0 Å². The molecule has 0 amide bonds. The first-order valence-corrected chi connectivity index (χ1v) is 8.72. The summed E-state index contributed by atoms with van der Waals surface area (Å²) in [5.41, 5.74) is 0. The number of piperidine rings is 1. The van der Waals surface area contributed by atoms with Gasteiger partial charge in [-0.2, -0.15) is 0 Å². The van der Waals surface area contributed by atoms with Gasteiger partial charge in [-0.1, -0.05) is 34.1 Å². The molecule has 0 spiro atoms. The van der Waals surface area contributed by atoms with E-state index in [1.807, 2.05) is 13.8 Å². The van der Waals surface area contributed by atoms with Gasteiger partial charge in [0.05, 0.1) is 5.75 Å². The lowest BCUT2D eigenvalue weighted by molar-refractivity contribution is 0.203. The van der Waals surface area contributed by atoms with Gasteiger partial charge in [0.25, 0.3) is 0 Å². The average Bonchev–Trinajstić information content (AvgIpc) is 2.28. The zero-order valence-electron chi connectivity index (χ0n) is 12.1. The van der Waals surface area contributed by atoms with E-state index in [2.05, 4.69) is 19.2 Å². The van der Waals surface area contributed by atoms with Crippen molar-refractivity contribution in [2.24, 2.45) is 11.8 Å². The summed E-state index contributed by atoms with van der Waals surface area (Å²) in [6.45, 7) is 10.5. The first-order valence-electron chi connectivity index (χ1n) is 7.11. The van der Waals surface area contributed by atoms with Gasteiger partial charge in [-0.25, -0.2) is 12.7 Å². The van der Waals surface area contributed by atoms with Crippen LogP contribution < -0.4 is 5.32 Å². The molecular formula is C13H28N2O2S. The molecule has 18 heavy (non-hydrogen) atoms. The van der Waals surface area contributed by atoms with Crippen molar-refractivity contribution in [1.29, 1.82) is 0 Å². The van der Waals surface area contributed by atoms with Gasteiger partial charge in [0.1, 0.15) is 0 Å². The number of rotatable bonds is 6. The molecule has 4 nitrogen and oxygen atoms in total. The molecule has 1 heterocycles. The molecule has 1 N–H and O–H groups in total. The summed E-state index contributed by atoms with van der Waals surface area (Å²) >= 11 is 0. The van der Waals surface area contributed by atoms with Crippen LogP contribution in [-0.4, -0.2) is 44.2 Å². The maximum absolute atomic E-state index is 12.2.